The van der Waals surface area contributed by atoms with Crippen LogP contribution in [0.15, 0.2) is 54.6 Å². The molecule has 5 rings (SSSR count). The molecule has 3 atom stereocenters. The minimum absolute atomic E-state index is 0.125. The van der Waals surface area contributed by atoms with E-state index in [-0.39, 0.29) is 17.6 Å². The summed E-state index contributed by atoms with van der Waals surface area (Å²) >= 11 is 0. The van der Waals surface area contributed by atoms with Gasteiger partial charge in [-0.25, -0.2) is 8.42 Å². The molecule has 3 aromatic rings. The van der Waals surface area contributed by atoms with E-state index in [9.17, 15) is 13.2 Å². The molecular formula is C32H36O6S. The first kappa shape index (κ1) is 27.3. The van der Waals surface area contributed by atoms with Gasteiger partial charge in [0.05, 0.1) is 25.9 Å². The van der Waals surface area contributed by atoms with Crippen molar-refractivity contribution in [1.82, 2.24) is 0 Å². The topological polar surface area (TPSA) is 78.9 Å². The molecule has 206 valence electrons. The molecule has 39 heavy (non-hydrogen) atoms. The van der Waals surface area contributed by atoms with Gasteiger partial charge in [0, 0.05) is 6.26 Å². The number of sulfone groups is 1. The quantitative estimate of drug-likeness (QED) is 0.212. The van der Waals surface area contributed by atoms with E-state index in [1.54, 1.807) is 0 Å². The van der Waals surface area contributed by atoms with Crippen molar-refractivity contribution in [3.63, 3.8) is 0 Å². The van der Waals surface area contributed by atoms with Gasteiger partial charge in [0.2, 0.25) is 0 Å². The predicted molar refractivity (Wildman–Crippen MR) is 152 cm³/mol. The van der Waals surface area contributed by atoms with Crippen LogP contribution in [0, 0.1) is 19.8 Å². The third kappa shape index (κ3) is 6.30. The van der Waals surface area contributed by atoms with Gasteiger partial charge in [-0.1, -0.05) is 24.3 Å². The molecule has 0 amide bonds. The van der Waals surface area contributed by atoms with E-state index < -0.39 is 9.84 Å². The maximum atomic E-state index is 11.9. The largest absolute Gasteiger partial charge is 0.494 e. The average Bonchev–Trinajstić information content (AvgIpc) is 3.63. The third-order valence-corrected chi connectivity index (χ3v) is 8.91. The molecule has 2 aliphatic rings. The van der Waals surface area contributed by atoms with E-state index in [2.05, 4.69) is 50.2 Å². The Balaban J connectivity index is 1.24. The second kappa shape index (κ2) is 11.0. The number of carbonyl (C=O) groups excluding carboxylic acids is 1. The van der Waals surface area contributed by atoms with Gasteiger partial charge < -0.3 is 14.2 Å². The van der Waals surface area contributed by atoms with Crippen LogP contribution in [0.2, 0.25) is 0 Å². The highest BCUT2D eigenvalue weighted by Crippen LogP contribution is 2.64. The van der Waals surface area contributed by atoms with E-state index in [4.69, 9.17) is 14.2 Å². The maximum Gasteiger partial charge on any atom is 0.306 e. The van der Waals surface area contributed by atoms with Gasteiger partial charge in [0.25, 0.3) is 0 Å². The number of ether oxygens (including phenoxy) is 3. The molecule has 0 spiro atoms. The zero-order valence-corrected chi connectivity index (χ0v) is 23.8. The van der Waals surface area contributed by atoms with E-state index in [0.717, 1.165) is 45.7 Å². The number of benzene rings is 3. The Morgan fingerprint density at radius 2 is 1.72 bits per heavy atom. The molecule has 7 heteroatoms. The molecular weight excluding hydrogens is 512 g/mol. The number of esters is 1. The number of hydrogen-bond donors (Lipinski definition) is 0. The molecule has 6 nitrogen and oxygen atoms in total. The Morgan fingerprint density at radius 3 is 2.44 bits per heavy atom. The molecule has 0 aromatic heterocycles. The lowest BCUT2D eigenvalue weighted by molar-refractivity contribution is -0.141. The number of rotatable bonds is 11. The molecule has 2 aliphatic carbocycles. The van der Waals surface area contributed by atoms with Crippen molar-refractivity contribution in [2.45, 2.75) is 51.6 Å². The number of aryl methyl sites for hydroxylation is 2. The van der Waals surface area contributed by atoms with Gasteiger partial charge in [-0.05, 0) is 114 Å². The maximum absolute atomic E-state index is 11.9. The Labute approximate surface area is 231 Å². The fraction of sp³-hybridized carbons (Fsp3) is 0.406. The number of fused-ring (bicyclic) bond motifs is 3. The fourth-order valence-corrected chi connectivity index (χ4v) is 6.67. The Bertz CT molecular complexity index is 1470. The first-order chi connectivity index (χ1) is 18.6. The molecule has 0 saturated heterocycles. The van der Waals surface area contributed by atoms with Crippen molar-refractivity contribution >= 4 is 15.8 Å². The van der Waals surface area contributed by atoms with Gasteiger partial charge >= 0.3 is 5.97 Å². The summed E-state index contributed by atoms with van der Waals surface area (Å²) in [5.74, 6) is 2.95. The third-order valence-electron chi connectivity index (χ3n) is 7.88. The van der Waals surface area contributed by atoms with Gasteiger partial charge in [0.15, 0.2) is 0 Å². The average molecular weight is 549 g/mol. The highest BCUT2D eigenvalue weighted by atomic mass is 32.2. The highest BCUT2D eigenvalue weighted by molar-refractivity contribution is 7.90. The SMILES string of the molecule is COC(=O)CC1c2ccc(OCc3cccc(-c4c(C)cc(OCCCS(C)(=O)=O)cc4C)c3)cc2C2CC12. The van der Waals surface area contributed by atoms with Gasteiger partial charge in [-0.15, -0.1) is 0 Å². The molecule has 0 aliphatic heterocycles. The molecule has 3 aromatic carbocycles. The zero-order chi connectivity index (χ0) is 27.7. The molecule has 0 heterocycles. The normalized spacial score (nSPS) is 19.2. The van der Waals surface area contributed by atoms with Crippen LogP contribution >= 0.6 is 0 Å². The summed E-state index contributed by atoms with van der Waals surface area (Å²) in [5, 5.41) is 0. The highest BCUT2D eigenvalue weighted by Gasteiger charge is 2.52. The van der Waals surface area contributed by atoms with E-state index in [1.807, 2.05) is 18.2 Å². The molecule has 3 unspecified atom stereocenters. The predicted octanol–water partition coefficient (Wildman–Crippen LogP) is 6.13. The summed E-state index contributed by atoms with van der Waals surface area (Å²) in [4.78, 5) is 11.9. The first-order valence-electron chi connectivity index (χ1n) is 13.5. The van der Waals surface area contributed by atoms with Gasteiger partial charge in [-0.2, -0.15) is 0 Å². The second-order valence-electron chi connectivity index (χ2n) is 10.9. The van der Waals surface area contributed by atoms with Crippen LogP contribution in [-0.2, 0) is 26.0 Å². The van der Waals surface area contributed by atoms with Crippen LogP contribution in [0.4, 0.5) is 0 Å². The van der Waals surface area contributed by atoms with Crippen LogP contribution in [0.1, 0.15) is 58.9 Å². The minimum Gasteiger partial charge on any atom is -0.494 e. The molecule has 1 fully saturated rings. The van der Waals surface area contributed by atoms with E-state index >= 15 is 0 Å². The van der Waals surface area contributed by atoms with E-state index in [0.29, 0.717) is 37.9 Å². The second-order valence-corrected chi connectivity index (χ2v) is 13.2. The standard InChI is InChI=1S/C32H36O6S/c1-20-13-25(37-11-6-12-39(4,34)35)14-21(2)32(20)23-8-5-7-22(15-23)19-38-24-9-10-26-27(16-24)28-17-29(28)30(26)18-31(33)36-3/h5,7-10,13-16,28-30H,6,11-12,17-19H2,1-4H3. The van der Waals surface area contributed by atoms with Crippen LogP contribution in [0.5, 0.6) is 11.5 Å². The molecule has 1 saturated carbocycles. The summed E-state index contributed by atoms with van der Waals surface area (Å²) in [6, 6.07) is 18.7. The lowest BCUT2D eigenvalue weighted by Gasteiger charge is -2.16. The Morgan fingerprint density at radius 1 is 0.949 bits per heavy atom. The van der Waals surface area contributed by atoms with Crippen LogP contribution in [-0.4, -0.2) is 40.1 Å². The van der Waals surface area contributed by atoms with Crippen molar-refractivity contribution < 1.29 is 27.4 Å². The van der Waals surface area contributed by atoms with E-state index in [1.165, 1.54) is 24.5 Å². The van der Waals surface area contributed by atoms with Gasteiger partial charge in [-0.3, -0.25) is 4.79 Å². The van der Waals surface area contributed by atoms with Crippen molar-refractivity contribution in [1.29, 1.82) is 0 Å². The Kier molecular flexibility index (Phi) is 7.72. The number of hydrogen-bond acceptors (Lipinski definition) is 6. The van der Waals surface area contributed by atoms with Crippen LogP contribution in [0.25, 0.3) is 11.1 Å². The Hall–Kier alpha value is -3.32. The summed E-state index contributed by atoms with van der Waals surface area (Å²) < 4.78 is 39.6. The van der Waals surface area contributed by atoms with Crippen molar-refractivity contribution in [3.8, 4) is 22.6 Å². The van der Waals surface area contributed by atoms with Crippen molar-refractivity contribution in [2.75, 3.05) is 25.7 Å². The van der Waals surface area contributed by atoms with Crippen molar-refractivity contribution in [3.05, 3.63) is 82.4 Å². The fourth-order valence-electron chi connectivity index (χ4n) is 6.03. The monoisotopic (exact) mass is 548 g/mol. The molecule has 0 bridgehead atoms. The minimum atomic E-state index is -2.98. The van der Waals surface area contributed by atoms with Crippen molar-refractivity contribution in [2.24, 2.45) is 5.92 Å². The zero-order valence-electron chi connectivity index (χ0n) is 23.0. The first-order valence-corrected chi connectivity index (χ1v) is 15.5. The molecule has 0 N–H and O–H groups in total. The summed E-state index contributed by atoms with van der Waals surface area (Å²) in [7, 11) is -1.53. The lowest BCUT2D eigenvalue weighted by atomic mass is 9.93. The summed E-state index contributed by atoms with van der Waals surface area (Å²) in [5.41, 5.74) is 8.16. The summed E-state index contributed by atoms with van der Waals surface area (Å²) in [6.45, 7) is 4.97. The summed E-state index contributed by atoms with van der Waals surface area (Å²) in [6.07, 6.45) is 3.31. The number of carbonyl (C=O) groups is 1. The van der Waals surface area contributed by atoms with Gasteiger partial charge in [0.1, 0.15) is 27.9 Å². The number of methoxy groups -OCH3 is 1. The lowest BCUT2D eigenvalue weighted by Crippen LogP contribution is -2.09. The van der Waals surface area contributed by atoms with Crippen LogP contribution in [0.3, 0.4) is 0 Å². The molecule has 0 radical (unpaired) electrons. The smallest absolute Gasteiger partial charge is 0.306 e. The van der Waals surface area contributed by atoms with Crippen LogP contribution < -0.4 is 9.47 Å².